The van der Waals surface area contributed by atoms with Gasteiger partial charge in [-0.2, -0.15) is 10.2 Å². The van der Waals surface area contributed by atoms with Crippen molar-refractivity contribution in [3.05, 3.63) is 101 Å². The average molecular weight is 890 g/mol. The second-order valence-electron chi connectivity index (χ2n) is 17.6. The van der Waals surface area contributed by atoms with E-state index in [-0.39, 0.29) is 53.4 Å². The molecule has 65 heavy (non-hydrogen) atoms. The van der Waals surface area contributed by atoms with Crippen LogP contribution in [0.25, 0.3) is 5.65 Å². The molecule has 4 N–H and O–H groups in total. The van der Waals surface area contributed by atoms with Gasteiger partial charge in [0.15, 0.2) is 11.3 Å². The largest absolute Gasteiger partial charge is 0.384 e. The average Bonchev–Trinajstić information content (AvgIpc) is 4.16. The van der Waals surface area contributed by atoms with Crippen LogP contribution in [-0.4, -0.2) is 110 Å². The third kappa shape index (κ3) is 8.45. The van der Waals surface area contributed by atoms with Crippen LogP contribution in [-0.2, 0) is 27.2 Å². The van der Waals surface area contributed by atoms with Crippen molar-refractivity contribution in [3.8, 4) is 0 Å². The van der Waals surface area contributed by atoms with Gasteiger partial charge in [0.2, 0.25) is 11.8 Å². The maximum absolute atomic E-state index is 14.3. The first-order valence-electron chi connectivity index (χ1n) is 22.4. The number of fused-ring (bicyclic) bond motifs is 4. The molecular weight excluding hydrogens is 841 g/mol. The highest BCUT2D eigenvalue weighted by Crippen LogP contribution is 2.36. The number of amides is 5. The Balaban J connectivity index is 0.666. The summed E-state index contributed by atoms with van der Waals surface area (Å²) in [6.45, 7) is 3.55. The molecule has 5 amide bonds. The summed E-state index contributed by atoms with van der Waals surface area (Å²) in [7, 11) is 0. The zero-order valence-electron chi connectivity index (χ0n) is 35.6. The Hall–Kier alpha value is -6.60. The van der Waals surface area contributed by atoms with E-state index in [1.54, 1.807) is 29.1 Å². The lowest BCUT2D eigenvalue weighted by molar-refractivity contribution is -0.136. The topological polar surface area (TPSA) is 197 Å². The van der Waals surface area contributed by atoms with Crippen molar-refractivity contribution in [2.75, 3.05) is 48.3 Å². The Kier molecular flexibility index (Phi) is 11.6. The van der Waals surface area contributed by atoms with Gasteiger partial charge >= 0.3 is 0 Å². The summed E-state index contributed by atoms with van der Waals surface area (Å²) in [6, 6.07) is 14.4. The second kappa shape index (κ2) is 17.8. The number of imide groups is 2. The van der Waals surface area contributed by atoms with Gasteiger partial charge in [-0.3, -0.25) is 38.9 Å². The first-order chi connectivity index (χ1) is 31.6. The molecule has 10 rings (SSSR count). The number of anilines is 3. The number of rotatable bonds is 15. The van der Waals surface area contributed by atoms with Crippen LogP contribution >= 0.6 is 0 Å². The number of piperidine rings is 1. The number of hydrogen-bond acceptors (Lipinski definition) is 12. The van der Waals surface area contributed by atoms with E-state index in [2.05, 4.69) is 60.6 Å². The fourth-order valence-electron chi connectivity index (χ4n) is 9.93. The number of halogens is 2. The number of nitrogens with zero attached hydrogens (tertiary/aromatic N) is 7. The number of hydrogen-bond donors (Lipinski definition) is 4. The molecular formula is C46H49F2N11O6. The summed E-state index contributed by atoms with van der Waals surface area (Å²) in [6.07, 6.45) is 8.02. The van der Waals surface area contributed by atoms with Crippen LogP contribution < -0.4 is 26.2 Å². The lowest BCUT2D eigenvalue weighted by Crippen LogP contribution is -2.54. The molecule has 17 nitrogen and oxygen atoms in total. The summed E-state index contributed by atoms with van der Waals surface area (Å²) >= 11 is 0. The maximum atomic E-state index is 14.3. The van der Waals surface area contributed by atoms with Crippen molar-refractivity contribution < 1.29 is 37.5 Å². The van der Waals surface area contributed by atoms with Crippen molar-refractivity contribution >= 4 is 52.4 Å². The lowest BCUT2D eigenvalue weighted by Gasteiger charge is -2.29. The molecule has 4 aliphatic heterocycles. The molecule has 19 heteroatoms. The summed E-state index contributed by atoms with van der Waals surface area (Å²) in [5.41, 5.74) is 3.36. The molecule has 1 unspecified atom stereocenters. The zero-order valence-corrected chi connectivity index (χ0v) is 35.6. The molecule has 1 saturated carbocycles. The first-order valence-corrected chi connectivity index (χ1v) is 22.4. The minimum absolute atomic E-state index is 0.0175. The lowest BCUT2D eigenvalue weighted by atomic mass is 9.86. The number of carbonyl (C=O) groups is 5. The minimum Gasteiger partial charge on any atom is -0.384 e. The van der Waals surface area contributed by atoms with Gasteiger partial charge in [0.05, 0.1) is 47.8 Å². The van der Waals surface area contributed by atoms with E-state index in [9.17, 15) is 32.8 Å². The smallest absolute Gasteiger partial charge is 0.284 e. The highest BCUT2D eigenvalue weighted by atomic mass is 19.3. The van der Waals surface area contributed by atoms with Gasteiger partial charge < -0.3 is 25.6 Å². The fraction of sp³-hybridized carbons (Fsp3) is 0.435. The molecule has 5 aliphatic rings. The fourth-order valence-corrected chi connectivity index (χ4v) is 9.93. The molecule has 3 saturated heterocycles. The molecule has 7 heterocycles. The summed E-state index contributed by atoms with van der Waals surface area (Å²) in [5.74, 6) is -1.54. The first kappa shape index (κ1) is 42.4. The van der Waals surface area contributed by atoms with Crippen molar-refractivity contribution in [1.29, 1.82) is 0 Å². The van der Waals surface area contributed by atoms with E-state index in [0.717, 1.165) is 74.4 Å². The maximum Gasteiger partial charge on any atom is 0.284 e. The van der Waals surface area contributed by atoms with Crippen LogP contribution in [0.4, 0.5) is 26.0 Å². The normalized spacial score (nSPS) is 22.9. The minimum atomic E-state index is -2.87. The van der Waals surface area contributed by atoms with Gasteiger partial charge in [-0.15, -0.1) is 0 Å². The standard InChI is InChI=1S/C46H49F2N11O6/c47-41(48)40-35(52-43(61)33-22-51-57-19-16-37(53-42(33)57)56-23-31-20-30(56)25-65-31)24-58(55-40)29-10-8-28(9-11-29)21-49-17-14-26-4-6-27(7-5-26)15-18-50-34-3-1-2-32-39(34)46(64)59(45(32)63)36-12-13-38(60)54-44(36)62/h1-7,16,19,22,24,28-31,36,41,49-50H,8-15,17-18,20-21,23,25H2,(H,52,61)(H,54,60,62)/t28?,29?,30-,31-,36?/m1/s1. The number of alkyl halides is 2. The predicted molar refractivity (Wildman–Crippen MR) is 233 cm³/mol. The Morgan fingerprint density at radius 1 is 0.908 bits per heavy atom. The highest BCUT2D eigenvalue weighted by Gasteiger charge is 2.46. The third-order valence-electron chi connectivity index (χ3n) is 13.4. The number of nitrogens with one attached hydrogen (secondary N) is 4. The van der Waals surface area contributed by atoms with Gasteiger partial charge in [-0.05, 0) is 99.7 Å². The van der Waals surface area contributed by atoms with Gasteiger partial charge in [0, 0.05) is 37.6 Å². The Labute approximate surface area is 372 Å². The van der Waals surface area contributed by atoms with Crippen LogP contribution in [0.3, 0.4) is 0 Å². The number of carbonyl (C=O) groups excluding carboxylic acids is 5. The molecule has 0 spiro atoms. The van der Waals surface area contributed by atoms with E-state index in [4.69, 9.17) is 9.72 Å². The van der Waals surface area contributed by atoms with Gasteiger partial charge in [0.1, 0.15) is 17.4 Å². The number of morpholine rings is 1. The SMILES string of the molecule is O=C1CCC(N2C(=O)c3cccc(NCCc4ccc(CCNCC5CCC(n6cc(NC(=O)c7cnn8ccc(N9C[C@H]%10C[C@@H]9CO%10)nc78)c(C(F)F)n6)CC5)cc4)c3C2=O)C(=O)N1. The molecule has 2 aromatic carbocycles. The Morgan fingerprint density at radius 3 is 2.42 bits per heavy atom. The van der Waals surface area contributed by atoms with Gasteiger partial charge in [-0.25, -0.2) is 18.3 Å². The highest BCUT2D eigenvalue weighted by molar-refractivity contribution is 6.25. The van der Waals surface area contributed by atoms with Crippen LogP contribution in [0, 0.1) is 5.92 Å². The monoisotopic (exact) mass is 889 g/mol. The Morgan fingerprint density at radius 2 is 1.69 bits per heavy atom. The van der Waals surface area contributed by atoms with E-state index in [1.165, 1.54) is 22.5 Å². The number of aromatic nitrogens is 5. The number of ether oxygens (including phenoxy) is 1. The summed E-state index contributed by atoms with van der Waals surface area (Å²) in [5, 5.41) is 20.3. The zero-order chi connectivity index (χ0) is 44.8. The van der Waals surface area contributed by atoms with E-state index >= 15 is 0 Å². The van der Waals surface area contributed by atoms with Crippen molar-refractivity contribution in [3.63, 3.8) is 0 Å². The molecule has 2 bridgehead atoms. The second-order valence-corrected chi connectivity index (χ2v) is 17.6. The molecule has 3 atom stereocenters. The number of benzene rings is 2. The van der Waals surface area contributed by atoms with Crippen LogP contribution in [0.2, 0.25) is 0 Å². The molecule has 338 valence electrons. The van der Waals surface area contributed by atoms with E-state index in [1.807, 2.05) is 6.07 Å². The van der Waals surface area contributed by atoms with Crippen LogP contribution in [0.1, 0.15) is 105 Å². The van der Waals surface area contributed by atoms with Crippen LogP contribution in [0.15, 0.2) is 67.1 Å². The summed E-state index contributed by atoms with van der Waals surface area (Å²) < 4.78 is 37.3. The molecule has 5 aromatic rings. The quantitative estimate of drug-likeness (QED) is 0.0836. The van der Waals surface area contributed by atoms with Crippen LogP contribution in [0.5, 0.6) is 0 Å². The predicted octanol–water partition coefficient (Wildman–Crippen LogP) is 4.71. The Bertz CT molecular complexity index is 2660. The molecule has 0 radical (unpaired) electrons. The van der Waals surface area contributed by atoms with Crippen molar-refractivity contribution in [1.82, 2.24) is 39.9 Å². The van der Waals surface area contributed by atoms with E-state index < -0.39 is 47.7 Å². The summed E-state index contributed by atoms with van der Waals surface area (Å²) in [4.78, 5) is 72.0. The molecule has 1 aliphatic carbocycles. The van der Waals surface area contributed by atoms with Gasteiger partial charge in [0.25, 0.3) is 24.1 Å². The van der Waals surface area contributed by atoms with Gasteiger partial charge in [-0.1, -0.05) is 30.3 Å². The molecule has 3 aromatic heterocycles. The third-order valence-corrected chi connectivity index (χ3v) is 13.4. The van der Waals surface area contributed by atoms with E-state index in [0.29, 0.717) is 36.8 Å². The molecule has 4 fully saturated rings. The van der Waals surface area contributed by atoms with Crippen molar-refractivity contribution in [2.45, 2.75) is 88.4 Å². The van der Waals surface area contributed by atoms with Crippen molar-refractivity contribution in [2.24, 2.45) is 5.92 Å².